The second-order valence-corrected chi connectivity index (χ2v) is 6.98. The van der Waals surface area contributed by atoms with Gasteiger partial charge in [0.05, 0.1) is 0 Å². The molecular weight excluding hydrogens is 296 g/mol. The molecule has 0 aromatic heterocycles. The molecule has 0 atom stereocenters. The van der Waals surface area contributed by atoms with Crippen molar-refractivity contribution in [3.05, 3.63) is 12.2 Å². The highest BCUT2D eigenvalue weighted by atomic mass is 16.7. The zero-order chi connectivity index (χ0) is 17.9. The van der Waals surface area contributed by atoms with E-state index in [2.05, 4.69) is 26.0 Å². The van der Waals surface area contributed by atoms with Crippen molar-refractivity contribution in [2.45, 2.75) is 117 Å². The molecule has 0 bridgehead atoms. The monoisotopic (exact) mass is 340 g/mol. The summed E-state index contributed by atoms with van der Waals surface area (Å²) in [7, 11) is 0. The van der Waals surface area contributed by atoms with E-state index in [9.17, 15) is 0 Å². The first-order chi connectivity index (χ1) is 11.7. The van der Waals surface area contributed by atoms with Gasteiger partial charge in [-0.25, -0.2) is 0 Å². The van der Waals surface area contributed by atoms with Crippen LogP contribution in [0.1, 0.15) is 111 Å². The molecule has 24 heavy (non-hydrogen) atoms. The summed E-state index contributed by atoms with van der Waals surface area (Å²) in [6.45, 7) is 9.87. The van der Waals surface area contributed by atoms with Crippen molar-refractivity contribution in [3.63, 3.8) is 0 Å². The Morgan fingerprint density at radius 3 is 1.58 bits per heavy atom. The summed E-state index contributed by atoms with van der Waals surface area (Å²) in [6.07, 6.45) is 21.8. The first-order valence-electron chi connectivity index (χ1n) is 10.6. The zero-order valence-electron chi connectivity index (χ0n) is 17.1. The van der Waals surface area contributed by atoms with Crippen LogP contribution in [-0.4, -0.2) is 19.0 Å². The summed E-state index contributed by atoms with van der Waals surface area (Å²) in [4.78, 5) is 0. The van der Waals surface area contributed by atoms with Gasteiger partial charge in [0.2, 0.25) is 0 Å². The third kappa shape index (κ3) is 15.2. The van der Waals surface area contributed by atoms with Crippen LogP contribution in [0.25, 0.3) is 0 Å². The van der Waals surface area contributed by atoms with Crippen LogP contribution < -0.4 is 0 Å². The van der Waals surface area contributed by atoms with Crippen LogP contribution in [0.2, 0.25) is 0 Å². The Morgan fingerprint density at radius 1 is 0.625 bits per heavy atom. The van der Waals surface area contributed by atoms with Crippen LogP contribution in [-0.2, 0) is 9.47 Å². The molecule has 2 heteroatoms. The number of allylic oxidation sites excluding steroid dienone is 2. The van der Waals surface area contributed by atoms with Gasteiger partial charge in [0, 0.05) is 19.6 Å². The molecule has 0 heterocycles. The SMILES string of the molecule is CCCCCCCC/C=C\CCCCCCC(C)(OCC)OCC. The molecule has 0 radical (unpaired) electrons. The Morgan fingerprint density at radius 2 is 1.08 bits per heavy atom. The minimum absolute atomic E-state index is 0.374. The molecule has 0 aromatic carbocycles. The van der Waals surface area contributed by atoms with Gasteiger partial charge in [-0.3, -0.25) is 0 Å². The maximum Gasteiger partial charge on any atom is 0.165 e. The fourth-order valence-corrected chi connectivity index (χ4v) is 3.14. The number of hydrogen-bond donors (Lipinski definition) is 0. The molecule has 0 saturated heterocycles. The molecule has 0 saturated carbocycles. The van der Waals surface area contributed by atoms with E-state index in [-0.39, 0.29) is 5.79 Å². The maximum absolute atomic E-state index is 5.75. The largest absolute Gasteiger partial charge is 0.351 e. The molecule has 2 nitrogen and oxygen atoms in total. The van der Waals surface area contributed by atoms with Gasteiger partial charge >= 0.3 is 0 Å². The van der Waals surface area contributed by atoms with Crippen molar-refractivity contribution in [1.29, 1.82) is 0 Å². The summed E-state index contributed by atoms with van der Waals surface area (Å²) >= 11 is 0. The quantitative estimate of drug-likeness (QED) is 0.147. The lowest BCUT2D eigenvalue weighted by Gasteiger charge is -2.29. The first-order valence-corrected chi connectivity index (χ1v) is 10.6. The lowest BCUT2D eigenvalue weighted by atomic mass is 10.1. The average molecular weight is 341 g/mol. The molecule has 0 aliphatic heterocycles. The van der Waals surface area contributed by atoms with Gasteiger partial charge in [-0.05, 0) is 52.9 Å². The predicted molar refractivity (Wildman–Crippen MR) is 106 cm³/mol. The van der Waals surface area contributed by atoms with Gasteiger partial charge in [-0.15, -0.1) is 0 Å². The van der Waals surface area contributed by atoms with Crippen molar-refractivity contribution >= 4 is 0 Å². The molecule has 0 amide bonds. The highest BCUT2D eigenvalue weighted by molar-refractivity contribution is 4.81. The van der Waals surface area contributed by atoms with Gasteiger partial charge < -0.3 is 9.47 Å². The molecule has 0 fully saturated rings. The molecule has 0 aromatic rings. The maximum atomic E-state index is 5.75. The molecule has 0 rings (SSSR count). The Balaban J connectivity index is 3.42. The number of ether oxygens (including phenoxy) is 2. The summed E-state index contributed by atoms with van der Waals surface area (Å²) < 4.78 is 11.5. The molecule has 0 unspecified atom stereocenters. The van der Waals surface area contributed by atoms with Gasteiger partial charge in [0.1, 0.15) is 0 Å². The predicted octanol–water partition coefficient (Wildman–Crippen LogP) is 7.42. The minimum atomic E-state index is -0.374. The highest BCUT2D eigenvalue weighted by Crippen LogP contribution is 2.21. The van der Waals surface area contributed by atoms with Crippen LogP contribution in [0, 0.1) is 0 Å². The molecule has 0 N–H and O–H groups in total. The molecule has 0 aliphatic carbocycles. The van der Waals surface area contributed by atoms with Gasteiger partial charge in [0.15, 0.2) is 5.79 Å². The van der Waals surface area contributed by atoms with Gasteiger partial charge in [0.25, 0.3) is 0 Å². The standard InChI is InChI=1S/C22H44O2/c1-5-8-9-10-11-12-13-14-15-16-17-18-19-20-21-22(4,23-6-2)24-7-3/h14-15H,5-13,16-21H2,1-4H3/b15-14-. The summed E-state index contributed by atoms with van der Waals surface area (Å²) in [6, 6.07) is 0. The van der Waals surface area contributed by atoms with E-state index >= 15 is 0 Å². The van der Waals surface area contributed by atoms with Crippen LogP contribution >= 0.6 is 0 Å². The molecule has 144 valence electrons. The lowest BCUT2D eigenvalue weighted by molar-refractivity contribution is -0.225. The minimum Gasteiger partial charge on any atom is -0.351 e. The fraction of sp³-hybridized carbons (Fsp3) is 0.909. The summed E-state index contributed by atoms with van der Waals surface area (Å²) in [5.41, 5.74) is 0. The smallest absolute Gasteiger partial charge is 0.165 e. The third-order valence-corrected chi connectivity index (χ3v) is 4.54. The Bertz CT molecular complexity index is 267. The number of hydrogen-bond acceptors (Lipinski definition) is 2. The third-order valence-electron chi connectivity index (χ3n) is 4.54. The zero-order valence-corrected chi connectivity index (χ0v) is 17.1. The number of rotatable bonds is 18. The Hall–Kier alpha value is -0.340. The number of unbranched alkanes of at least 4 members (excludes halogenated alkanes) is 10. The Kier molecular flexibility index (Phi) is 17.2. The van der Waals surface area contributed by atoms with Crippen LogP contribution in [0.3, 0.4) is 0 Å². The van der Waals surface area contributed by atoms with E-state index < -0.39 is 0 Å². The summed E-state index contributed by atoms with van der Waals surface area (Å²) in [5.74, 6) is -0.374. The first kappa shape index (κ1) is 23.7. The molecular formula is C22H44O2. The topological polar surface area (TPSA) is 18.5 Å². The van der Waals surface area contributed by atoms with Crippen molar-refractivity contribution in [3.8, 4) is 0 Å². The van der Waals surface area contributed by atoms with E-state index in [0.717, 1.165) is 19.6 Å². The second-order valence-electron chi connectivity index (χ2n) is 6.98. The van der Waals surface area contributed by atoms with Gasteiger partial charge in [-0.2, -0.15) is 0 Å². The summed E-state index contributed by atoms with van der Waals surface area (Å²) in [5, 5.41) is 0. The normalized spacial score (nSPS) is 12.3. The van der Waals surface area contributed by atoms with Crippen LogP contribution in [0.4, 0.5) is 0 Å². The highest BCUT2D eigenvalue weighted by Gasteiger charge is 2.23. The van der Waals surface area contributed by atoms with E-state index in [1.807, 2.05) is 13.8 Å². The van der Waals surface area contributed by atoms with Crippen molar-refractivity contribution in [1.82, 2.24) is 0 Å². The second kappa shape index (κ2) is 17.5. The van der Waals surface area contributed by atoms with E-state index in [1.165, 1.54) is 77.0 Å². The van der Waals surface area contributed by atoms with E-state index in [0.29, 0.717) is 0 Å². The van der Waals surface area contributed by atoms with Crippen molar-refractivity contribution in [2.75, 3.05) is 13.2 Å². The molecule has 0 aliphatic rings. The fourth-order valence-electron chi connectivity index (χ4n) is 3.14. The van der Waals surface area contributed by atoms with E-state index in [1.54, 1.807) is 0 Å². The van der Waals surface area contributed by atoms with Gasteiger partial charge in [-0.1, -0.05) is 64.0 Å². The van der Waals surface area contributed by atoms with Crippen LogP contribution in [0.15, 0.2) is 12.2 Å². The van der Waals surface area contributed by atoms with Crippen LogP contribution in [0.5, 0.6) is 0 Å². The van der Waals surface area contributed by atoms with E-state index in [4.69, 9.17) is 9.47 Å². The lowest BCUT2D eigenvalue weighted by Crippen LogP contribution is -2.32. The molecule has 0 spiro atoms. The van der Waals surface area contributed by atoms with Crippen molar-refractivity contribution < 1.29 is 9.47 Å². The average Bonchev–Trinajstić information content (AvgIpc) is 2.55. The Labute approximate surface area is 152 Å². The van der Waals surface area contributed by atoms with Crippen molar-refractivity contribution in [2.24, 2.45) is 0 Å².